The van der Waals surface area contributed by atoms with Gasteiger partial charge in [-0.2, -0.15) is 0 Å². The minimum absolute atomic E-state index is 0.0844. The number of amides is 1. The molecule has 1 N–H and O–H groups in total. The van der Waals surface area contributed by atoms with E-state index in [2.05, 4.69) is 49.6 Å². The first kappa shape index (κ1) is 34.3. The Morgan fingerprint density at radius 1 is 1.26 bits per heavy atom. The van der Waals surface area contributed by atoms with Gasteiger partial charge in [0.2, 0.25) is 0 Å². The van der Waals surface area contributed by atoms with Gasteiger partial charge in [0.05, 0.1) is 17.8 Å². The monoisotopic (exact) mass is 622 g/mol. The molecule has 0 spiro atoms. The van der Waals surface area contributed by atoms with E-state index in [1.54, 1.807) is 17.7 Å². The van der Waals surface area contributed by atoms with Crippen molar-refractivity contribution < 1.29 is 9.18 Å². The molecule has 0 saturated carbocycles. The highest BCUT2D eigenvalue weighted by Gasteiger charge is 2.30. The Labute approximate surface area is 266 Å². The number of halogens is 2. The fraction of sp³-hybridized carbons (Fsp3) is 0.400. The molecule has 3 heterocycles. The lowest BCUT2D eigenvalue weighted by molar-refractivity contribution is -0.126. The number of carbonyl (C=O) groups is 1. The number of hydrogen-bond donors (Lipinski definition) is 1. The molecule has 2 aliphatic rings. The second-order valence-corrected chi connectivity index (χ2v) is 12.3. The molecule has 230 valence electrons. The zero-order chi connectivity index (χ0) is 31.4. The van der Waals surface area contributed by atoms with Crippen LogP contribution in [0.4, 0.5) is 10.2 Å². The molecule has 0 saturated heterocycles. The number of unbranched alkanes of at least 4 members (excludes halogenated alkanes) is 1. The molecule has 4 rings (SSSR count). The summed E-state index contributed by atoms with van der Waals surface area (Å²) in [5.74, 6) is 1.60. The number of aromatic nitrogens is 1. The van der Waals surface area contributed by atoms with E-state index in [0.717, 1.165) is 41.8 Å². The number of aliphatic imine (C=N–C) groups is 1. The van der Waals surface area contributed by atoms with E-state index in [1.807, 2.05) is 54.5 Å². The highest BCUT2D eigenvalue weighted by Crippen LogP contribution is 2.34. The van der Waals surface area contributed by atoms with E-state index in [4.69, 9.17) is 11.6 Å². The maximum absolute atomic E-state index is 13.6. The molecule has 1 amide bonds. The van der Waals surface area contributed by atoms with Gasteiger partial charge in [-0.05, 0) is 72.3 Å². The minimum Gasteiger partial charge on any atom is -0.332 e. The maximum atomic E-state index is 13.6. The van der Waals surface area contributed by atoms with Crippen molar-refractivity contribution >= 4 is 41.3 Å². The summed E-state index contributed by atoms with van der Waals surface area (Å²) in [5, 5.41) is 5.08. The van der Waals surface area contributed by atoms with Gasteiger partial charge in [-0.15, -0.1) is 0 Å². The Morgan fingerprint density at radius 3 is 2.72 bits per heavy atom. The molecule has 5 nitrogen and oxygen atoms in total. The molecule has 3 atom stereocenters. The van der Waals surface area contributed by atoms with Crippen molar-refractivity contribution in [3.05, 3.63) is 100 Å². The van der Waals surface area contributed by atoms with Crippen molar-refractivity contribution in [2.45, 2.75) is 71.1 Å². The molecule has 2 aliphatic heterocycles. The average Bonchev–Trinajstić information content (AvgIpc) is 3.01. The SMILES string of the molecule is C=CSc1cccc(F)c1C(C)CC.CCC/C=C\C(C(=O)N1CCC2=C(C1)N=CC(C)[C@@H]2C)=C(\Cl)Nc1ccccn1. The Kier molecular flexibility index (Phi) is 13.7. The summed E-state index contributed by atoms with van der Waals surface area (Å²) < 4.78 is 13.6. The first-order valence-corrected chi connectivity index (χ1v) is 16.3. The predicted octanol–water partition coefficient (Wildman–Crippen LogP) is 9.72. The number of nitrogens with zero attached hydrogens (tertiary/aromatic N) is 3. The number of thioether (sulfide) groups is 1. The molecule has 43 heavy (non-hydrogen) atoms. The van der Waals surface area contributed by atoms with Crippen LogP contribution < -0.4 is 5.32 Å². The standard InChI is InChI=1S/C23H29ClN4O.C12H15FS/c1-4-5-6-9-19(22(24)27-21-10-7-8-12-25-21)23(29)28-13-11-18-17(3)16(2)14-26-20(18)15-28;1-4-9(3)12-10(13)7-6-8-11(12)14-5-2/h6-10,12,14,16-17H,4-5,11,13,15H2,1-3H3,(H,25,27);5-9H,2,4H2,1,3H3/b9-6-,22-19+;/t16?,17-;/m0./s1. The summed E-state index contributed by atoms with van der Waals surface area (Å²) in [6, 6.07) is 10.7. The Morgan fingerprint density at radius 2 is 2.05 bits per heavy atom. The molecule has 0 fully saturated rings. The lowest BCUT2D eigenvalue weighted by Crippen LogP contribution is -2.40. The van der Waals surface area contributed by atoms with Gasteiger partial charge in [0, 0.05) is 29.4 Å². The van der Waals surface area contributed by atoms with Crippen LogP contribution in [0.5, 0.6) is 0 Å². The number of carbonyl (C=O) groups excluding carboxylic acids is 1. The quantitative estimate of drug-likeness (QED) is 0.124. The molecule has 0 bridgehead atoms. The number of benzene rings is 1. The largest absolute Gasteiger partial charge is 0.332 e. The summed E-state index contributed by atoms with van der Waals surface area (Å²) in [6.07, 6.45) is 11.2. The third-order valence-corrected chi connectivity index (χ3v) is 8.97. The average molecular weight is 623 g/mol. The summed E-state index contributed by atoms with van der Waals surface area (Å²) in [7, 11) is 0. The van der Waals surface area contributed by atoms with Crippen LogP contribution >= 0.6 is 23.4 Å². The van der Waals surface area contributed by atoms with Crippen molar-refractivity contribution in [1.82, 2.24) is 9.88 Å². The normalized spacial score (nSPS) is 19.3. The molecule has 2 aromatic rings. The maximum Gasteiger partial charge on any atom is 0.257 e. The molecular formula is C35H44ClFN4OS. The zero-order valence-electron chi connectivity index (χ0n) is 25.9. The van der Waals surface area contributed by atoms with Gasteiger partial charge in [0.1, 0.15) is 16.8 Å². The highest BCUT2D eigenvalue weighted by molar-refractivity contribution is 8.02. The molecular weight excluding hydrogens is 579 g/mol. The molecule has 8 heteroatoms. The first-order chi connectivity index (χ1) is 20.7. The number of rotatable bonds is 10. The van der Waals surface area contributed by atoms with E-state index in [-0.39, 0.29) is 22.8 Å². The van der Waals surface area contributed by atoms with Gasteiger partial charge in [0.25, 0.3) is 5.91 Å². The van der Waals surface area contributed by atoms with Crippen LogP contribution in [0.25, 0.3) is 0 Å². The molecule has 0 aliphatic carbocycles. The molecule has 1 aromatic heterocycles. The van der Waals surface area contributed by atoms with Crippen molar-refractivity contribution in [3.8, 4) is 0 Å². The number of pyridine rings is 1. The highest BCUT2D eigenvalue weighted by atomic mass is 35.5. The second-order valence-electron chi connectivity index (χ2n) is 10.9. The van der Waals surface area contributed by atoms with Gasteiger partial charge in [0.15, 0.2) is 0 Å². The van der Waals surface area contributed by atoms with Gasteiger partial charge >= 0.3 is 0 Å². The summed E-state index contributed by atoms with van der Waals surface area (Å²) in [4.78, 5) is 25.0. The number of anilines is 1. The Balaban J connectivity index is 0.000000303. The smallest absolute Gasteiger partial charge is 0.257 e. The van der Waals surface area contributed by atoms with E-state index in [1.165, 1.54) is 23.4 Å². The second kappa shape index (κ2) is 17.2. The lowest BCUT2D eigenvalue weighted by Gasteiger charge is -2.35. The number of nitrogens with one attached hydrogen (secondary N) is 1. The third-order valence-electron chi connectivity index (χ3n) is 7.89. The fourth-order valence-electron chi connectivity index (χ4n) is 4.99. The molecule has 1 aromatic carbocycles. The van der Waals surface area contributed by atoms with Gasteiger partial charge in [-0.1, -0.05) is 95.3 Å². The summed E-state index contributed by atoms with van der Waals surface area (Å²) in [5.41, 5.74) is 3.69. The fourth-order valence-corrected chi connectivity index (χ4v) is 5.99. The number of hydrogen-bond acceptors (Lipinski definition) is 5. The lowest BCUT2D eigenvalue weighted by atomic mass is 9.83. The Hall–Kier alpha value is -3.16. The predicted molar refractivity (Wildman–Crippen MR) is 181 cm³/mol. The van der Waals surface area contributed by atoms with Crippen LogP contribution in [0.1, 0.15) is 71.8 Å². The van der Waals surface area contributed by atoms with Crippen LogP contribution in [0.3, 0.4) is 0 Å². The van der Waals surface area contributed by atoms with E-state index in [0.29, 0.717) is 36.3 Å². The van der Waals surface area contributed by atoms with Crippen LogP contribution in [0, 0.1) is 17.7 Å². The van der Waals surface area contributed by atoms with Crippen LogP contribution in [0.2, 0.25) is 0 Å². The number of allylic oxidation sites excluding steroid dienone is 1. The Bertz CT molecular complexity index is 1370. The van der Waals surface area contributed by atoms with E-state index >= 15 is 0 Å². The van der Waals surface area contributed by atoms with E-state index in [9.17, 15) is 9.18 Å². The minimum atomic E-state index is -0.105. The van der Waals surface area contributed by atoms with Gasteiger partial charge < -0.3 is 10.2 Å². The zero-order valence-corrected chi connectivity index (χ0v) is 27.5. The van der Waals surface area contributed by atoms with Crippen LogP contribution in [0.15, 0.2) is 98.6 Å². The summed E-state index contributed by atoms with van der Waals surface area (Å²) in [6.45, 7) is 15.5. The first-order valence-electron chi connectivity index (χ1n) is 15.1. The topological polar surface area (TPSA) is 57.6 Å². The molecule has 0 radical (unpaired) electrons. The van der Waals surface area contributed by atoms with Crippen molar-refractivity contribution in [3.63, 3.8) is 0 Å². The van der Waals surface area contributed by atoms with Crippen molar-refractivity contribution in [2.24, 2.45) is 16.8 Å². The third kappa shape index (κ3) is 9.41. The van der Waals surface area contributed by atoms with Crippen LogP contribution in [-0.2, 0) is 4.79 Å². The summed E-state index contributed by atoms with van der Waals surface area (Å²) >= 11 is 8.03. The van der Waals surface area contributed by atoms with Gasteiger partial charge in [-0.3, -0.25) is 9.79 Å². The van der Waals surface area contributed by atoms with Crippen molar-refractivity contribution in [1.29, 1.82) is 0 Å². The molecule has 2 unspecified atom stereocenters. The van der Waals surface area contributed by atoms with Crippen molar-refractivity contribution in [2.75, 3.05) is 18.4 Å². The van der Waals surface area contributed by atoms with Gasteiger partial charge in [-0.25, -0.2) is 9.37 Å². The van der Waals surface area contributed by atoms with E-state index < -0.39 is 0 Å². The van der Waals surface area contributed by atoms with Crippen LogP contribution in [-0.4, -0.2) is 35.1 Å².